The van der Waals surface area contributed by atoms with E-state index < -0.39 is 11.7 Å². The summed E-state index contributed by atoms with van der Waals surface area (Å²) in [6, 6.07) is 10.5. The summed E-state index contributed by atoms with van der Waals surface area (Å²) in [6.45, 7) is 5.14. The molecule has 0 unspecified atom stereocenters. The molecule has 2 aromatic heterocycles. The fourth-order valence-corrected chi connectivity index (χ4v) is 2.47. The van der Waals surface area contributed by atoms with Gasteiger partial charge < -0.3 is 14.3 Å². The van der Waals surface area contributed by atoms with Crippen LogP contribution in [0.15, 0.2) is 64.7 Å². The Bertz CT molecular complexity index is 976. The van der Waals surface area contributed by atoms with Gasteiger partial charge in [-0.2, -0.15) is 10.1 Å². The molecule has 0 fully saturated rings. The van der Waals surface area contributed by atoms with Crippen LogP contribution in [-0.2, 0) is 11.3 Å². The third-order valence-electron chi connectivity index (χ3n) is 3.76. The number of carbonyl (C=O) groups excluding carboxylic acids is 1. The maximum atomic E-state index is 12.7. The van der Waals surface area contributed by atoms with Gasteiger partial charge in [-0.05, 0) is 62.7 Å². The lowest BCUT2D eigenvalue weighted by Crippen LogP contribution is -2.33. The highest BCUT2D eigenvalue weighted by molar-refractivity contribution is 5.91. The smallest absolute Gasteiger partial charge is 0.435 e. The van der Waals surface area contributed by atoms with Crippen molar-refractivity contribution >= 4 is 18.0 Å². The minimum atomic E-state index is -0.669. The number of anilines is 1. The van der Waals surface area contributed by atoms with Crippen molar-refractivity contribution in [3.05, 3.63) is 66.4 Å². The second-order valence-corrected chi connectivity index (χ2v) is 7.15. The number of carbonyl (C=O) groups is 1. The first-order chi connectivity index (χ1) is 13.9. The second kappa shape index (κ2) is 8.66. The lowest BCUT2D eigenvalue weighted by atomic mass is 10.1. The van der Waals surface area contributed by atoms with Gasteiger partial charge in [-0.3, -0.25) is 4.98 Å². The third-order valence-corrected chi connectivity index (χ3v) is 3.76. The van der Waals surface area contributed by atoms with E-state index in [1.165, 1.54) is 11.4 Å². The zero-order valence-electron chi connectivity index (χ0n) is 16.4. The average Bonchev–Trinajstić information content (AvgIpc) is 3.17. The Morgan fingerprint density at radius 3 is 2.52 bits per heavy atom. The molecule has 3 rings (SSSR count). The molecule has 2 heterocycles. The van der Waals surface area contributed by atoms with Crippen LogP contribution in [0.3, 0.4) is 0 Å². The molecule has 0 saturated heterocycles. The largest absolute Gasteiger partial charge is 0.443 e. The van der Waals surface area contributed by atoms with Crippen molar-refractivity contribution in [1.82, 2.24) is 9.97 Å². The van der Waals surface area contributed by atoms with Gasteiger partial charge in [0.15, 0.2) is 12.2 Å². The first kappa shape index (κ1) is 20.2. The topological polar surface area (TPSA) is 101 Å². The van der Waals surface area contributed by atoms with E-state index in [-0.39, 0.29) is 6.61 Å². The van der Waals surface area contributed by atoms with E-state index in [0.29, 0.717) is 17.1 Å². The van der Waals surface area contributed by atoms with Gasteiger partial charge >= 0.3 is 6.09 Å². The maximum absolute atomic E-state index is 12.7. The standard InChI is InChI=1S/C21H22N4O4/c1-21(2,3)29-20(27)25(24-12-15-8-10-22-11-9-15)17-6-4-16(5-7-17)19-18(13-26)23-14-28-19/h4-12,14,26H,13H2,1-3H3/b24-12+. The van der Waals surface area contributed by atoms with Crippen molar-refractivity contribution < 1.29 is 19.1 Å². The Labute approximate surface area is 168 Å². The highest BCUT2D eigenvalue weighted by Gasteiger charge is 2.23. The number of benzene rings is 1. The molecule has 0 aliphatic carbocycles. The van der Waals surface area contributed by atoms with Gasteiger partial charge in [-0.15, -0.1) is 0 Å². The van der Waals surface area contributed by atoms with E-state index in [0.717, 1.165) is 11.1 Å². The summed E-state index contributed by atoms with van der Waals surface area (Å²) in [5.74, 6) is 0.475. The zero-order valence-corrected chi connectivity index (χ0v) is 16.4. The summed E-state index contributed by atoms with van der Waals surface area (Å²) in [5.41, 5.74) is 1.80. The minimum Gasteiger partial charge on any atom is -0.443 e. The van der Waals surface area contributed by atoms with Gasteiger partial charge in [0.05, 0.1) is 18.5 Å². The SMILES string of the molecule is CC(C)(C)OC(=O)N(/N=C/c1ccncc1)c1ccc(-c2ocnc2CO)cc1. The molecule has 3 aromatic rings. The number of aromatic nitrogens is 2. The van der Waals surface area contributed by atoms with E-state index in [4.69, 9.17) is 9.15 Å². The van der Waals surface area contributed by atoms with Crippen molar-refractivity contribution in [2.75, 3.05) is 5.01 Å². The molecule has 0 atom stereocenters. The fourth-order valence-electron chi connectivity index (χ4n) is 2.47. The zero-order chi connectivity index (χ0) is 20.9. The lowest BCUT2D eigenvalue weighted by molar-refractivity contribution is 0.0581. The lowest BCUT2D eigenvalue weighted by Gasteiger charge is -2.24. The van der Waals surface area contributed by atoms with Crippen molar-refractivity contribution in [3.8, 4) is 11.3 Å². The first-order valence-electron chi connectivity index (χ1n) is 8.98. The van der Waals surface area contributed by atoms with Crippen LogP contribution in [0.1, 0.15) is 32.0 Å². The number of pyridine rings is 1. The Hall–Kier alpha value is -3.52. The number of oxazole rings is 1. The Kier molecular flexibility index (Phi) is 6.04. The fraction of sp³-hybridized carbons (Fsp3) is 0.238. The van der Waals surface area contributed by atoms with Gasteiger partial charge in [0, 0.05) is 18.0 Å². The number of hydrogen-bond acceptors (Lipinski definition) is 7. The first-order valence-corrected chi connectivity index (χ1v) is 8.98. The number of ether oxygens (including phenoxy) is 1. The molecule has 8 heteroatoms. The summed E-state index contributed by atoms with van der Waals surface area (Å²) >= 11 is 0. The van der Waals surface area contributed by atoms with E-state index >= 15 is 0 Å². The molecule has 1 amide bonds. The molecule has 8 nitrogen and oxygen atoms in total. The molecule has 0 bridgehead atoms. The molecule has 0 saturated carbocycles. The molecule has 0 spiro atoms. The number of aliphatic hydroxyl groups is 1. The van der Waals surface area contributed by atoms with Crippen molar-refractivity contribution in [3.63, 3.8) is 0 Å². The minimum absolute atomic E-state index is 0.228. The molecular formula is C21H22N4O4. The molecule has 0 radical (unpaired) electrons. The Morgan fingerprint density at radius 1 is 1.21 bits per heavy atom. The number of amides is 1. The predicted molar refractivity (Wildman–Crippen MR) is 108 cm³/mol. The molecule has 1 aromatic carbocycles. The number of nitrogens with zero attached hydrogens (tertiary/aromatic N) is 4. The molecular weight excluding hydrogens is 372 g/mol. The molecule has 0 aliphatic heterocycles. The number of rotatable bonds is 5. The van der Waals surface area contributed by atoms with Crippen molar-refractivity contribution in [1.29, 1.82) is 0 Å². The summed E-state index contributed by atoms with van der Waals surface area (Å²) in [4.78, 5) is 20.6. The Morgan fingerprint density at radius 2 is 1.90 bits per heavy atom. The van der Waals surface area contributed by atoms with Crippen molar-refractivity contribution in [2.24, 2.45) is 5.10 Å². The predicted octanol–water partition coefficient (Wildman–Crippen LogP) is 4.00. The number of hydrazone groups is 1. The third kappa shape index (κ3) is 5.26. The second-order valence-electron chi connectivity index (χ2n) is 7.15. The van der Waals surface area contributed by atoms with Crippen LogP contribution in [0.25, 0.3) is 11.3 Å². The number of aliphatic hydroxyl groups excluding tert-OH is 1. The Balaban J connectivity index is 1.90. The van der Waals surface area contributed by atoms with E-state index in [1.807, 2.05) is 0 Å². The van der Waals surface area contributed by atoms with Gasteiger partial charge in [-0.25, -0.2) is 9.78 Å². The van der Waals surface area contributed by atoms with Crippen molar-refractivity contribution in [2.45, 2.75) is 33.0 Å². The molecule has 1 N–H and O–H groups in total. The summed E-state index contributed by atoms with van der Waals surface area (Å²) in [5, 5.41) is 14.8. The monoisotopic (exact) mass is 394 g/mol. The van der Waals surface area contributed by atoms with Crippen LogP contribution in [0.4, 0.5) is 10.5 Å². The van der Waals surface area contributed by atoms with Crippen LogP contribution in [-0.4, -0.2) is 33.0 Å². The van der Waals surface area contributed by atoms with Gasteiger partial charge in [0.25, 0.3) is 0 Å². The van der Waals surface area contributed by atoms with Crippen LogP contribution in [0, 0.1) is 0 Å². The highest BCUT2D eigenvalue weighted by atomic mass is 16.6. The van der Waals surface area contributed by atoms with Gasteiger partial charge in [-0.1, -0.05) is 0 Å². The van der Waals surface area contributed by atoms with Crippen LogP contribution in [0.5, 0.6) is 0 Å². The van der Waals surface area contributed by atoms with E-state index in [2.05, 4.69) is 15.1 Å². The van der Waals surface area contributed by atoms with Crippen LogP contribution < -0.4 is 5.01 Å². The quantitative estimate of drug-likeness (QED) is 0.518. The average molecular weight is 394 g/mol. The van der Waals surface area contributed by atoms with Crippen LogP contribution in [0.2, 0.25) is 0 Å². The molecule has 0 aliphatic rings. The van der Waals surface area contributed by atoms with E-state index in [9.17, 15) is 9.90 Å². The molecule has 29 heavy (non-hydrogen) atoms. The summed E-state index contributed by atoms with van der Waals surface area (Å²) in [7, 11) is 0. The summed E-state index contributed by atoms with van der Waals surface area (Å²) < 4.78 is 10.8. The van der Waals surface area contributed by atoms with E-state index in [1.54, 1.807) is 75.8 Å². The summed E-state index contributed by atoms with van der Waals surface area (Å²) in [6.07, 6.45) is 5.51. The number of hydrogen-bond donors (Lipinski definition) is 1. The normalized spacial score (nSPS) is 11.6. The maximum Gasteiger partial charge on any atom is 0.435 e. The highest BCUT2D eigenvalue weighted by Crippen LogP contribution is 2.27. The molecule has 150 valence electrons. The van der Waals surface area contributed by atoms with Gasteiger partial charge in [0.1, 0.15) is 11.3 Å². The van der Waals surface area contributed by atoms with Crippen LogP contribution >= 0.6 is 0 Å². The van der Waals surface area contributed by atoms with Gasteiger partial charge in [0.2, 0.25) is 0 Å².